The summed E-state index contributed by atoms with van der Waals surface area (Å²) in [6, 6.07) is 6.73. The summed E-state index contributed by atoms with van der Waals surface area (Å²) < 4.78 is 33.3. The van der Waals surface area contributed by atoms with E-state index in [4.69, 9.17) is 9.47 Å². The number of nitrogens with zero attached hydrogens (tertiary/aromatic N) is 1. The third-order valence-corrected chi connectivity index (χ3v) is 5.90. The third kappa shape index (κ3) is 6.56. The molecule has 0 spiro atoms. The Hall–Kier alpha value is -2.61. The minimum absolute atomic E-state index is 0.0460. The molecule has 146 valence electrons. The fourth-order valence-corrected chi connectivity index (χ4v) is 4.34. The molecule has 0 radical (unpaired) electrons. The van der Waals surface area contributed by atoms with E-state index in [2.05, 4.69) is 6.58 Å². The van der Waals surface area contributed by atoms with E-state index >= 15 is 0 Å². The zero-order chi connectivity index (χ0) is 19.9. The van der Waals surface area contributed by atoms with Gasteiger partial charge in [-0.1, -0.05) is 24.8 Å². The van der Waals surface area contributed by atoms with E-state index in [-0.39, 0.29) is 17.5 Å². The van der Waals surface area contributed by atoms with Gasteiger partial charge in [0.25, 0.3) is 5.91 Å². The predicted octanol–water partition coefficient (Wildman–Crippen LogP) is 1.45. The molecule has 1 aromatic carbocycles. The van der Waals surface area contributed by atoms with Crippen LogP contribution in [0, 0.1) is 0 Å². The number of sulfone groups is 1. The topological polar surface area (TPSA) is 90.0 Å². The average molecular weight is 393 g/mol. The molecule has 1 heterocycles. The maximum absolute atomic E-state index is 12.1. The fraction of sp³-hybridized carbons (Fsp3) is 0.368. The molecule has 0 unspecified atom stereocenters. The first-order chi connectivity index (χ1) is 12.8. The minimum Gasteiger partial charge on any atom is -0.490 e. The Morgan fingerprint density at radius 1 is 1.30 bits per heavy atom. The number of esters is 1. The van der Waals surface area contributed by atoms with Crippen molar-refractivity contribution in [2.45, 2.75) is 12.5 Å². The molecule has 27 heavy (non-hydrogen) atoms. The van der Waals surface area contributed by atoms with Crippen LogP contribution in [-0.4, -0.2) is 63.0 Å². The second-order valence-corrected chi connectivity index (χ2v) is 8.40. The van der Waals surface area contributed by atoms with Crippen LogP contribution >= 0.6 is 0 Å². The van der Waals surface area contributed by atoms with E-state index in [1.807, 2.05) is 0 Å². The van der Waals surface area contributed by atoms with E-state index in [1.54, 1.807) is 36.4 Å². The van der Waals surface area contributed by atoms with Crippen LogP contribution in [0.25, 0.3) is 6.08 Å². The summed E-state index contributed by atoms with van der Waals surface area (Å²) in [5.41, 5.74) is 0.775. The second kappa shape index (κ2) is 9.36. The molecule has 1 saturated heterocycles. The summed E-state index contributed by atoms with van der Waals surface area (Å²) in [6.07, 6.45) is 4.85. The lowest BCUT2D eigenvalue weighted by atomic mass is 10.2. The smallest absolute Gasteiger partial charge is 0.331 e. The lowest BCUT2D eigenvalue weighted by molar-refractivity contribution is -0.148. The molecule has 1 aromatic rings. The van der Waals surface area contributed by atoms with E-state index in [1.165, 1.54) is 18.0 Å². The number of hydrogen-bond donors (Lipinski definition) is 0. The molecule has 0 N–H and O–H groups in total. The average Bonchev–Trinajstić information content (AvgIpc) is 3.02. The Kier molecular flexibility index (Phi) is 7.18. The van der Waals surface area contributed by atoms with Gasteiger partial charge in [-0.2, -0.15) is 0 Å². The number of benzene rings is 1. The zero-order valence-corrected chi connectivity index (χ0v) is 16.0. The van der Waals surface area contributed by atoms with Gasteiger partial charge >= 0.3 is 5.97 Å². The summed E-state index contributed by atoms with van der Waals surface area (Å²) in [6.45, 7) is 3.56. The number of carbonyl (C=O) groups excluding carboxylic acids is 2. The van der Waals surface area contributed by atoms with E-state index in [0.717, 1.165) is 5.56 Å². The van der Waals surface area contributed by atoms with E-state index in [9.17, 15) is 18.0 Å². The lowest BCUT2D eigenvalue weighted by Crippen LogP contribution is -2.40. The molecule has 0 aliphatic carbocycles. The molecule has 0 aromatic heterocycles. The predicted molar refractivity (Wildman–Crippen MR) is 102 cm³/mol. The van der Waals surface area contributed by atoms with E-state index in [0.29, 0.717) is 18.8 Å². The van der Waals surface area contributed by atoms with Gasteiger partial charge in [0.05, 0.1) is 11.5 Å². The Balaban J connectivity index is 1.78. The van der Waals surface area contributed by atoms with Crippen LogP contribution in [0.3, 0.4) is 0 Å². The highest BCUT2D eigenvalue weighted by Crippen LogP contribution is 2.16. The number of carbonyl (C=O) groups is 2. The van der Waals surface area contributed by atoms with Gasteiger partial charge < -0.3 is 14.4 Å². The van der Waals surface area contributed by atoms with Gasteiger partial charge in [0.2, 0.25) is 0 Å². The molecule has 1 fully saturated rings. The van der Waals surface area contributed by atoms with Crippen LogP contribution in [0.15, 0.2) is 43.0 Å². The van der Waals surface area contributed by atoms with Crippen molar-refractivity contribution in [3.05, 3.63) is 48.6 Å². The van der Waals surface area contributed by atoms with Crippen molar-refractivity contribution >= 4 is 27.8 Å². The molecular formula is C19H23NO6S. The van der Waals surface area contributed by atoms with Crippen LogP contribution in [0.2, 0.25) is 0 Å². The first-order valence-electron chi connectivity index (χ1n) is 8.45. The maximum Gasteiger partial charge on any atom is 0.331 e. The van der Waals surface area contributed by atoms with Gasteiger partial charge in [0.15, 0.2) is 16.4 Å². The normalized spacial score (nSPS) is 18.2. The molecule has 7 nitrogen and oxygen atoms in total. The summed E-state index contributed by atoms with van der Waals surface area (Å²) in [7, 11) is -1.56. The van der Waals surface area contributed by atoms with Gasteiger partial charge in [-0.05, 0) is 30.2 Å². The van der Waals surface area contributed by atoms with Gasteiger partial charge in [0.1, 0.15) is 12.4 Å². The van der Waals surface area contributed by atoms with Crippen molar-refractivity contribution in [2.24, 2.45) is 0 Å². The summed E-state index contributed by atoms with van der Waals surface area (Å²) >= 11 is 0. The Morgan fingerprint density at radius 2 is 2.00 bits per heavy atom. The van der Waals surface area contributed by atoms with Crippen molar-refractivity contribution in [3.63, 3.8) is 0 Å². The highest BCUT2D eigenvalue weighted by Gasteiger charge is 2.32. The van der Waals surface area contributed by atoms with Crippen molar-refractivity contribution in [2.75, 3.05) is 31.8 Å². The molecule has 1 aliphatic heterocycles. The lowest BCUT2D eigenvalue weighted by Gasteiger charge is -2.22. The van der Waals surface area contributed by atoms with Crippen molar-refractivity contribution in [3.8, 4) is 5.75 Å². The van der Waals surface area contributed by atoms with Crippen LogP contribution in [-0.2, 0) is 24.2 Å². The van der Waals surface area contributed by atoms with Gasteiger partial charge in [-0.15, -0.1) is 0 Å². The quantitative estimate of drug-likeness (QED) is 0.377. The summed E-state index contributed by atoms with van der Waals surface area (Å²) in [4.78, 5) is 25.2. The monoisotopic (exact) mass is 393 g/mol. The number of hydrogen-bond acceptors (Lipinski definition) is 6. The molecular weight excluding hydrogens is 370 g/mol. The largest absolute Gasteiger partial charge is 0.490 e. The number of amides is 1. The van der Waals surface area contributed by atoms with Crippen LogP contribution in [0.4, 0.5) is 0 Å². The highest BCUT2D eigenvalue weighted by molar-refractivity contribution is 7.91. The summed E-state index contributed by atoms with van der Waals surface area (Å²) in [5, 5.41) is 0. The summed E-state index contributed by atoms with van der Waals surface area (Å²) in [5.74, 6) is -0.354. The van der Waals surface area contributed by atoms with Crippen LogP contribution < -0.4 is 4.74 Å². The zero-order valence-electron chi connectivity index (χ0n) is 15.2. The molecule has 1 atom stereocenters. The molecule has 0 saturated carbocycles. The van der Waals surface area contributed by atoms with Gasteiger partial charge in [-0.3, -0.25) is 4.79 Å². The standard InChI is InChI=1S/C19H23NO6S/c1-3-11-25-17-7-4-15(5-8-17)6-9-19(22)26-13-18(21)20(2)16-10-12-27(23,24)14-16/h3-9,16H,1,10-14H2,2H3/b9-6+/t16-/m1/s1. The van der Waals surface area contributed by atoms with Crippen LogP contribution in [0.1, 0.15) is 12.0 Å². The number of likely N-dealkylation sites (N-methyl/N-ethyl adjacent to an activating group) is 1. The molecule has 1 amide bonds. The highest BCUT2D eigenvalue weighted by atomic mass is 32.2. The van der Waals surface area contributed by atoms with Crippen molar-refractivity contribution < 1.29 is 27.5 Å². The maximum atomic E-state index is 12.1. The van der Waals surface area contributed by atoms with E-state index < -0.39 is 28.3 Å². The van der Waals surface area contributed by atoms with Crippen LogP contribution in [0.5, 0.6) is 5.75 Å². The Labute approximate surface area is 159 Å². The van der Waals surface area contributed by atoms with Crippen molar-refractivity contribution in [1.82, 2.24) is 4.90 Å². The fourth-order valence-electron chi connectivity index (χ4n) is 2.56. The number of ether oxygens (including phenoxy) is 2. The minimum atomic E-state index is -3.08. The molecule has 0 bridgehead atoms. The Morgan fingerprint density at radius 3 is 2.59 bits per heavy atom. The SMILES string of the molecule is C=CCOc1ccc(/C=C/C(=O)OCC(=O)N(C)[C@@H]2CCS(=O)(=O)C2)cc1. The molecule has 8 heteroatoms. The first kappa shape index (κ1) is 20.7. The van der Waals surface area contributed by atoms with Gasteiger partial charge in [0, 0.05) is 19.2 Å². The molecule has 1 aliphatic rings. The molecule has 2 rings (SSSR count). The number of rotatable bonds is 8. The van der Waals surface area contributed by atoms with Gasteiger partial charge in [-0.25, -0.2) is 13.2 Å². The first-order valence-corrected chi connectivity index (χ1v) is 10.3. The van der Waals surface area contributed by atoms with Crippen molar-refractivity contribution in [1.29, 1.82) is 0 Å². The Bertz CT molecular complexity index is 813. The second-order valence-electron chi connectivity index (χ2n) is 6.17. The third-order valence-electron chi connectivity index (χ3n) is 4.15.